The Morgan fingerprint density at radius 3 is 2.38 bits per heavy atom. The van der Waals surface area contributed by atoms with Gasteiger partial charge in [0.15, 0.2) is 5.69 Å². The second-order valence-corrected chi connectivity index (χ2v) is 6.06. The molecule has 0 spiro atoms. The number of likely N-dealkylation sites (tertiary alicyclic amines) is 1. The average molecular weight is 309 g/mol. The summed E-state index contributed by atoms with van der Waals surface area (Å²) in [5, 5.41) is 5.49. The number of rotatable bonds is 3. The van der Waals surface area contributed by atoms with E-state index >= 15 is 0 Å². The van der Waals surface area contributed by atoms with Crippen molar-refractivity contribution in [3.63, 3.8) is 0 Å². The molecule has 2 aliphatic heterocycles. The van der Waals surface area contributed by atoms with E-state index in [-0.39, 0.29) is 11.8 Å². The van der Waals surface area contributed by atoms with Crippen molar-refractivity contribution in [2.75, 3.05) is 45.8 Å². The second kappa shape index (κ2) is 6.48. The Morgan fingerprint density at radius 2 is 1.76 bits per heavy atom. The maximum absolute atomic E-state index is 12.1. The monoisotopic (exact) mass is 309 g/mol. The van der Waals surface area contributed by atoms with Crippen molar-refractivity contribution in [3.8, 4) is 0 Å². The molecule has 3 heterocycles. The maximum Gasteiger partial charge on any atom is 0.275 e. The van der Waals surface area contributed by atoms with Gasteiger partial charge in [-0.1, -0.05) is 4.49 Å². The van der Waals surface area contributed by atoms with E-state index in [1.54, 1.807) is 10.3 Å². The summed E-state index contributed by atoms with van der Waals surface area (Å²) in [6.45, 7) is 5.03. The molecule has 2 fully saturated rings. The van der Waals surface area contributed by atoms with E-state index in [2.05, 4.69) is 14.5 Å². The number of amides is 2. The van der Waals surface area contributed by atoms with Crippen LogP contribution in [0.5, 0.6) is 0 Å². The van der Waals surface area contributed by atoms with Crippen molar-refractivity contribution in [1.82, 2.24) is 24.3 Å². The van der Waals surface area contributed by atoms with Gasteiger partial charge in [-0.15, -0.1) is 5.10 Å². The number of carbonyl (C=O) groups is 2. The molecule has 0 N–H and O–H groups in total. The highest BCUT2D eigenvalue weighted by Gasteiger charge is 2.26. The van der Waals surface area contributed by atoms with E-state index in [9.17, 15) is 9.59 Å². The molecule has 1 aromatic heterocycles. The van der Waals surface area contributed by atoms with E-state index in [4.69, 9.17) is 0 Å². The molecular formula is C13H19N5O2S. The molecule has 0 bridgehead atoms. The quantitative estimate of drug-likeness (QED) is 0.781. The fourth-order valence-corrected chi connectivity index (χ4v) is 3.22. The highest BCUT2D eigenvalue weighted by Crippen LogP contribution is 2.11. The summed E-state index contributed by atoms with van der Waals surface area (Å²) in [7, 11) is 0. The van der Waals surface area contributed by atoms with Crippen LogP contribution in [0.15, 0.2) is 5.38 Å². The molecule has 1 aromatic rings. The van der Waals surface area contributed by atoms with Crippen LogP contribution in [0.1, 0.15) is 23.3 Å². The molecule has 0 unspecified atom stereocenters. The lowest BCUT2D eigenvalue weighted by Crippen LogP contribution is -2.51. The molecule has 3 rings (SSSR count). The van der Waals surface area contributed by atoms with Gasteiger partial charge in [0.2, 0.25) is 5.91 Å². The molecule has 2 amide bonds. The Bertz CT molecular complexity index is 493. The summed E-state index contributed by atoms with van der Waals surface area (Å²) in [6, 6.07) is 0. The summed E-state index contributed by atoms with van der Waals surface area (Å²) in [4.78, 5) is 30.1. The van der Waals surface area contributed by atoms with E-state index in [0.29, 0.717) is 25.3 Å². The zero-order valence-electron chi connectivity index (χ0n) is 11.9. The molecule has 0 aromatic carbocycles. The highest BCUT2D eigenvalue weighted by atomic mass is 32.1. The van der Waals surface area contributed by atoms with E-state index < -0.39 is 0 Å². The molecule has 21 heavy (non-hydrogen) atoms. The minimum absolute atomic E-state index is 0.0609. The normalized spacial score (nSPS) is 20.0. The number of piperazine rings is 1. The van der Waals surface area contributed by atoms with Crippen LogP contribution in [-0.4, -0.2) is 81.9 Å². The fourth-order valence-electron chi connectivity index (χ4n) is 2.79. The molecule has 0 radical (unpaired) electrons. The van der Waals surface area contributed by atoms with E-state index in [1.807, 2.05) is 4.90 Å². The fraction of sp³-hybridized carbons (Fsp3) is 0.692. The van der Waals surface area contributed by atoms with Gasteiger partial charge in [-0.25, -0.2) is 0 Å². The van der Waals surface area contributed by atoms with Crippen LogP contribution in [0.25, 0.3) is 0 Å². The molecule has 2 saturated heterocycles. The SMILES string of the molecule is O=C(CN1CCN(C(=O)c2csnn2)CC1)N1CCCC1. The van der Waals surface area contributed by atoms with Gasteiger partial charge in [0, 0.05) is 44.6 Å². The van der Waals surface area contributed by atoms with Gasteiger partial charge in [-0.05, 0) is 24.4 Å². The summed E-state index contributed by atoms with van der Waals surface area (Å²) in [5.74, 6) is 0.158. The first-order valence-electron chi connectivity index (χ1n) is 7.30. The zero-order chi connectivity index (χ0) is 14.7. The minimum atomic E-state index is -0.0609. The van der Waals surface area contributed by atoms with Gasteiger partial charge in [-0.2, -0.15) is 0 Å². The lowest BCUT2D eigenvalue weighted by Gasteiger charge is -2.34. The number of carbonyl (C=O) groups excluding carboxylic acids is 2. The minimum Gasteiger partial charge on any atom is -0.342 e. The first kappa shape index (κ1) is 14.4. The highest BCUT2D eigenvalue weighted by molar-refractivity contribution is 7.03. The largest absolute Gasteiger partial charge is 0.342 e. The summed E-state index contributed by atoms with van der Waals surface area (Å²) in [6.07, 6.45) is 2.24. The van der Waals surface area contributed by atoms with Crippen molar-refractivity contribution in [2.24, 2.45) is 0 Å². The van der Waals surface area contributed by atoms with Crippen LogP contribution in [0.2, 0.25) is 0 Å². The molecule has 0 atom stereocenters. The molecule has 7 nitrogen and oxygen atoms in total. The second-order valence-electron chi connectivity index (χ2n) is 5.45. The molecule has 114 valence electrons. The van der Waals surface area contributed by atoms with Crippen LogP contribution in [-0.2, 0) is 4.79 Å². The van der Waals surface area contributed by atoms with Crippen molar-refractivity contribution in [3.05, 3.63) is 11.1 Å². The van der Waals surface area contributed by atoms with Crippen molar-refractivity contribution in [1.29, 1.82) is 0 Å². The van der Waals surface area contributed by atoms with Crippen LogP contribution in [0.4, 0.5) is 0 Å². The predicted molar refractivity (Wildman–Crippen MR) is 78.1 cm³/mol. The predicted octanol–water partition coefficient (Wildman–Crippen LogP) is -0.0817. The zero-order valence-corrected chi connectivity index (χ0v) is 12.7. The lowest BCUT2D eigenvalue weighted by molar-refractivity contribution is -0.131. The van der Waals surface area contributed by atoms with Gasteiger partial charge in [0.1, 0.15) is 0 Å². The van der Waals surface area contributed by atoms with Gasteiger partial charge in [-0.3, -0.25) is 14.5 Å². The van der Waals surface area contributed by atoms with Gasteiger partial charge in [0.25, 0.3) is 5.91 Å². The standard InChI is InChI=1S/C13H19N5O2S/c19-12(17-3-1-2-4-17)9-16-5-7-18(8-6-16)13(20)11-10-21-15-14-11/h10H,1-9H2. The van der Waals surface area contributed by atoms with Gasteiger partial charge >= 0.3 is 0 Å². The number of hydrogen-bond acceptors (Lipinski definition) is 6. The third-order valence-electron chi connectivity index (χ3n) is 4.06. The summed E-state index contributed by atoms with van der Waals surface area (Å²) < 4.78 is 3.72. The number of hydrogen-bond donors (Lipinski definition) is 0. The first-order valence-corrected chi connectivity index (χ1v) is 8.14. The average Bonchev–Trinajstić information content (AvgIpc) is 3.20. The van der Waals surface area contributed by atoms with Crippen LogP contribution in [0, 0.1) is 0 Å². The Balaban J connectivity index is 1.46. The molecular weight excluding hydrogens is 290 g/mol. The third-order valence-corrected chi connectivity index (χ3v) is 4.56. The van der Waals surface area contributed by atoms with Crippen molar-refractivity contribution < 1.29 is 9.59 Å². The van der Waals surface area contributed by atoms with Crippen molar-refractivity contribution in [2.45, 2.75) is 12.8 Å². The first-order chi connectivity index (χ1) is 10.2. The lowest BCUT2D eigenvalue weighted by atomic mass is 10.3. The summed E-state index contributed by atoms with van der Waals surface area (Å²) >= 11 is 1.19. The molecule has 0 saturated carbocycles. The Morgan fingerprint density at radius 1 is 1.05 bits per heavy atom. The van der Waals surface area contributed by atoms with Gasteiger partial charge < -0.3 is 9.80 Å². The van der Waals surface area contributed by atoms with E-state index in [1.165, 1.54) is 11.5 Å². The van der Waals surface area contributed by atoms with Crippen LogP contribution >= 0.6 is 11.5 Å². The third kappa shape index (κ3) is 3.38. The number of nitrogens with zero attached hydrogens (tertiary/aromatic N) is 5. The van der Waals surface area contributed by atoms with Crippen molar-refractivity contribution >= 4 is 23.3 Å². The summed E-state index contributed by atoms with van der Waals surface area (Å²) in [5.41, 5.74) is 0.418. The Hall–Kier alpha value is -1.54. The molecule has 2 aliphatic rings. The van der Waals surface area contributed by atoms with Crippen LogP contribution < -0.4 is 0 Å². The maximum atomic E-state index is 12.1. The van der Waals surface area contributed by atoms with Gasteiger partial charge in [0.05, 0.1) is 6.54 Å². The van der Waals surface area contributed by atoms with E-state index in [0.717, 1.165) is 39.0 Å². The Labute approximate surface area is 127 Å². The number of aromatic nitrogens is 2. The topological polar surface area (TPSA) is 69.6 Å². The smallest absolute Gasteiger partial charge is 0.275 e. The Kier molecular flexibility index (Phi) is 4.45. The molecule has 0 aliphatic carbocycles. The van der Waals surface area contributed by atoms with Crippen LogP contribution in [0.3, 0.4) is 0 Å². The molecule has 8 heteroatoms.